The summed E-state index contributed by atoms with van der Waals surface area (Å²) in [6.07, 6.45) is 3.00. The molecule has 1 aromatic carbocycles. The Morgan fingerprint density at radius 1 is 1.48 bits per heavy atom. The van der Waals surface area contributed by atoms with Crippen LogP contribution in [0.3, 0.4) is 0 Å². The smallest absolute Gasteiger partial charge is 0.287 e. The molecule has 0 saturated carbocycles. The topological polar surface area (TPSA) is 68.3 Å². The zero-order chi connectivity index (χ0) is 15.4. The van der Waals surface area contributed by atoms with Crippen LogP contribution in [0.2, 0.25) is 5.02 Å². The lowest BCUT2D eigenvalue weighted by Crippen LogP contribution is -2.40. The van der Waals surface area contributed by atoms with Gasteiger partial charge in [0.05, 0.1) is 0 Å². The van der Waals surface area contributed by atoms with E-state index in [-0.39, 0.29) is 11.9 Å². The molecule has 4 nitrogen and oxygen atoms in total. The fourth-order valence-electron chi connectivity index (χ4n) is 2.36. The molecule has 2 rings (SSSR count). The van der Waals surface area contributed by atoms with E-state index in [9.17, 15) is 4.79 Å². The summed E-state index contributed by atoms with van der Waals surface area (Å²) in [5.41, 5.74) is 7.18. The molecule has 0 fully saturated rings. The number of amides is 1. The largest absolute Gasteiger partial charge is 0.451 e. The number of carbonyl (C=O) groups excluding carboxylic acids is 1. The molecule has 0 aliphatic carbocycles. The fraction of sp³-hybridized carbons (Fsp3) is 0.438. The van der Waals surface area contributed by atoms with Gasteiger partial charge in [0.25, 0.3) is 5.91 Å². The zero-order valence-electron chi connectivity index (χ0n) is 12.4. The molecular formula is C16H21ClN2O2. The first-order valence-electron chi connectivity index (χ1n) is 7.26. The van der Waals surface area contributed by atoms with Gasteiger partial charge in [-0.15, -0.1) is 0 Å². The number of unbranched alkanes of at least 4 members (excludes halogenated alkanes) is 1. The number of fused-ring (bicyclic) bond motifs is 1. The summed E-state index contributed by atoms with van der Waals surface area (Å²) in [7, 11) is 0. The predicted octanol–water partition coefficient (Wildman–Crippen LogP) is 3.64. The Labute approximate surface area is 129 Å². The third-order valence-corrected chi connectivity index (χ3v) is 3.87. The van der Waals surface area contributed by atoms with Crippen molar-refractivity contribution in [3.8, 4) is 0 Å². The minimum atomic E-state index is -0.216. The molecule has 0 bridgehead atoms. The highest BCUT2D eigenvalue weighted by molar-refractivity contribution is 6.31. The van der Waals surface area contributed by atoms with Crippen LogP contribution in [0.4, 0.5) is 0 Å². The third-order valence-electron chi connectivity index (χ3n) is 3.63. The molecule has 1 heterocycles. The van der Waals surface area contributed by atoms with Gasteiger partial charge >= 0.3 is 0 Å². The number of benzene rings is 1. The average molecular weight is 309 g/mol. The minimum absolute atomic E-state index is 0.0198. The highest BCUT2D eigenvalue weighted by atomic mass is 35.5. The van der Waals surface area contributed by atoms with E-state index >= 15 is 0 Å². The molecule has 0 aliphatic rings. The van der Waals surface area contributed by atoms with Crippen molar-refractivity contribution >= 4 is 28.5 Å². The number of rotatable bonds is 6. The first-order valence-corrected chi connectivity index (χ1v) is 7.64. The van der Waals surface area contributed by atoms with E-state index in [1.807, 2.05) is 13.0 Å². The van der Waals surface area contributed by atoms with Crippen LogP contribution < -0.4 is 11.1 Å². The van der Waals surface area contributed by atoms with Crippen molar-refractivity contribution < 1.29 is 9.21 Å². The molecule has 1 aromatic heterocycles. The van der Waals surface area contributed by atoms with Crippen molar-refractivity contribution in [2.75, 3.05) is 6.54 Å². The number of aryl methyl sites for hydroxylation is 1. The van der Waals surface area contributed by atoms with Crippen molar-refractivity contribution in [1.29, 1.82) is 0 Å². The van der Waals surface area contributed by atoms with E-state index in [1.54, 1.807) is 12.1 Å². The van der Waals surface area contributed by atoms with Crippen LogP contribution >= 0.6 is 11.6 Å². The summed E-state index contributed by atoms with van der Waals surface area (Å²) in [4.78, 5) is 12.4. The first-order chi connectivity index (χ1) is 10.1. The van der Waals surface area contributed by atoms with Gasteiger partial charge in [-0.05, 0) is 31.5 Å². The maximum absolute atomic E-state index is 12.4. The lowest BCUT2D eigenvalue weighted by Gasteiger charge is -2.15. The van der Waals surface area contributed by atoms with Gasteiger partial charge in [-0.25, -0.2) is 0 Å². The second kappa shape index (κ2) is 6.96. The van der Waals surface area contributed by atoms with E-state index in [0.29, 0.717) is 22.9 Å². The molecule has 1 amide bonds. The Morgan fingerprint density at radius 2 is 2.24 bits per heavy atom. The first kappa shape index (κ1) is 15.9. The summed E-state index contributed by atoms with van der Waals surface area (Å²) < 4.78 is 5.65. The Hall–Kier alpha value is -1.52. The highest BCUT2D eigenvalue weighted by Crippen LogP contribution is 2.27. The summed E-state index contributed by atoms with van der Waals surface area (Å²) >= 11 is 5.98. The SMILES string of the molecule is CCCCC(CN)NC(=O)c1oc2ccc(Cl)cc2c1C. The second-order valence-electron chi connectivity index (χ2n) is 5.24. The zero-order valence-corrected chi connectivity index (χ0v) is 13.2. The van der Waals surface area contributed by atoms with E-state index in [0.717, 1.165) is 30.2 Å². The molecule has 5 heteroatoms. The van der Waals surface area contributed by atoms with Crippen LogP contribution in [0.15, 0.2) is 22.6 Å². The van der Waals surface area contributed by atoms with Gasteiger partial charge < -0.3 is 15.5 Å². The molecule has 0 spiro atoms. The molecule has 1 atom stereocenters. The van der Waals surface area contributed by atoms with Crippen LogP contribution in [0, 0.1) is 6.92 Å². The van der Waals surface area contributed by atoms with Gasteiger partial charge in [-0.1, -0.05) is 31.4 Å². The maximum atomic E-state index is 12.4. The fourth-order valence-corrected chi connectivity index (χ4v) is 2.53. The van der Waals surface area contributed by atoms with E-state index in [4.69, 9.17) is 21.8 Å². The quantitative estimate of drug-likeness (QED) is 0.856. The molecular weight excluding hydrogens is 288 g/mol. The molecule has 0 saturated heterocycles. The van der Waals surface area contributed by atoms with Crippen molar-refractivity contribution in [3.63, 3.8) is 0 Å². The lowest BCUT2D eigenvalue weighted by molar-refractivity contribution is 0.0909. The molecule has 3 N–H and O–H groups in total. The van der Waals surface area contributed by atoms with Gasteiger partial charge in [0, 0.05) is 28.6 Å². The molecule has 1 unspecified atom stereocenters. The van der Waals surface area contributed by atoms with Crippen molar-refractivity contribution in [2.24, 2.45) is 5.73 Å². The molecule has 0 aliphatic heterocycles. The monoisotopic (exact) mass is 308 g/mol. The second-order valence-corrected chi connectivity index (χ2v) is 5.68. The Morgan fingerprint density at radius 3 is 2.90 bits per heavy atom. The van der Waals surface area contributed by atoms with Crippen molar-refractivity contribution in [2.45, 2.75) is 39.2 Å². The number of furan rings is 1. The van der Waals surface area contributed by atoms with Gasteiger partial charge in [-0.3, -0.25) is 4.79 Å². The van der Waals surface area contributed by atoms with Crippen LogP contribution in [-0.4, -0.2) is 18.5 Å². The van der Waals surface area contributed by atoms with Gasteiger partial charge in [0.1, 0.15) is 5.58 Å². The van der Waals surface area contributed by atoms with E-state index in [2.05, 4.69) is 12.2 Å². The number of carbonyl (C=O) groups is 1. The van der Waals surface area contributed by atoms with E-state index < -0.39 is 0 Å². The van der Waals surface area contributed by atoms with Gasteiger partial charge in [0.2, 0.25) is 0 Å². The molecule has 21 heavy (non-hydrogen) atoms. The van der Waals surface area contributed by atoms with Crippen LogP contribution in [0.25, 0.3) is 11.0 Å². The van der Waals surface area contributed by atoms with Crippen molar-refractivity contribution in [3.05, 3.63) is 34.5 Å². The summed E-state index contributed by atoms with van der Waals surface area (Å²) in [6.45, 7) is 4.40. The average Bonchev–Trinajstić information content (AvgIpc) is 2.80. The minimum Gasteiger partial charge on any atom is -0.451 e. The van der Waals surface area contributed by atoms with Crippen molar-refractivity contribution in [1.82, 2.24) is 5.32 Å². The van der Waals surface area contributed by atoms with Crippen LogP contribution in [0.1, 0.15) is 42.3 Å². The number of halogens is 1. The van der Waals surface area contributed by atoms with Gasteiger partial charge in [-0.2, -0.15) is 0 Å². The Balaban J connectivity index is 2.21. The van der Waals surface area contributed by atoms with Crippen LogP contribution in [0.5, 0.6) is 0 Å². The third kappa shape index (κ3) is 3.57. The van der Waals surface area contributed by atoms with E-state index in [1.165, 1.54) is 0 Å². The standard InChI is InChI=1S/C16H21ClN2O2/c1-3-4-5-12(9-18)19-16(20)15-10(2)13-8-11(17)6-7-14(13)21-15/h6-8,12H,3-5,9,18H2,1-2H3,(H,19,20). The maximum Gasteiger partial charge on any atom is 0.287 e. The molecule has 2 aromatic rings. The van der Waals surface area contributed by atoms with Crippen LogP contribution in [-0.2, 0) is 0 Å². The Kier molecular flexibility index (Phi) is 5.26. The summed E-state index contributed by atoms with van der Waals surface area (Å²) in [6, 6.07) is 5.31. The Bertz CT molecular complexity index is 636. The number of hydrogen-bond acceptors (Lipinski definition) is 3. The predicted molar refractivity (Wildman–Crippen MR) is 85.8 cm³/mol. The van der Waals surface area contributed by atoms with Gasteiger partial charge in [0.15, 0.2) is 5.76 Å². The lowest BCUT2D eigenvalue weighted by atomic mass is 10.1. The molecule has 114 valence electrons. The summed E-state index contributed by atoms with van der Waals surface area (Å²) in [5, 5.41) is 4.44. The normalized spacial score (nSPS) is 12.6. The number of nitrogens with two attached hydrogens (primary N) is 1. The molecule has 0 radical (unpaired) electrons. The number of hydrogen-bond donors (Lipinski definition) is 2. The highest BCUT2D eigenvalue weighted by Gasteiger charge is 2.20. The summed E-state index contributed by atoms with van der Waals surface area (Å²) in [5.74, 6) is 0.119. The number of nitrogens with one attached hydrogen (secondary N) is 1.